The first kappa shape index (κ1) is 18.5. The molecule has 0 radical (unpaired) electrons. The standard InChI is InChI=1S/C17H15F3N4O3/c1-24-15-11(8-22-24)13(25)12(7-21-15)16(26)23-14(17(18,19)20)9-3-5-10(27-2)6-4-9/h3-8,14H,1-2H3,(H,21,25)(H,23,26)/t14-/m0/s1. The molecule has 1 amide bonds. The van der Waals surface area contributed by atoms with Crippen LogP contribution < -0.4 is 15.5 Å². The van der Waals surface area contributed by atoms with Gasteiger partial charge in [-0.25, -0.2) is 0 Å². The van der Waals surface area contributed by atoms with Crippen molar-refractivity contribution in [2.45, 2.75) is 12.2 Å². The number of fused-ring (bicyclic) bond motifs is 1. The molecule has 3 rings (SSSR count). The summed E-state index contributed by atoms with van der Waals surface area (Å²) in [7, 11) is 2.97. The predicted octanol–water partition coefficient (Wildman–Crippen LogP) is 2.30. The van der Waals surface area contributed by atoms with Crippen LogP contribution in [0.5, 0.6) is 5.75 Å². The minimum atomic E-state index is -4.75. The molecule has 1 aromatic carbocycles. The van der Waals surface area contributed by atoms with Crippen molar-refractivity contribution in [3.05, 3.63) is 58.0 Å². The zero-order chi connectivity index (χ0) is 19.8. The van der Waals surface area contributed by atoms with Crippen LogP contribution in [0.15, 0.2) is 41.5 Å². The number of halogens is 3. The third kappa shape index (κ3) is 3.50. The van der Waals surface area contributed by atoms with E-state index in [1.54, 1.807) is 7.05 Å². The molecule has 3 aromatic rings. The minimum Gasteiger partial charge on any atom is -0.497 e. The van der Waals surface area contributed by atoms with Crippen molar-refractivity contribution >= 4 is 16.9 Å². The van der Waals surface area contributed by atoms with Gasteiger partial charge >= 0.3 is 6.18 Å². The Morgan fingerprint density at radius 1 is 1.30 bits per heavy atom. The molecule has 10 heteroatoms. The number of H-pyrrole nitrogens is 1. The molecular weight excluding hydrogens is 365 g/mol. The smallest absolute Gasteiger partial charge is 0.412 e. The molecule has 2 heterocycles. The molecule has 2 aromatic heterocycles. The van der Waals surface area contributed by atoms with E-state index in [9.17, 15) is 22.8 Å². The Hall–Kier alpha value is -3.30. The number of aromatic amines is 1. The fourth-order valence-corrected chi connectivity index (χ4v) is 2.65. The fraction of sp³-hybridized carbons (Fsp3) is 0.235. The lowest BCUT2D eigenvalue weighted by Gasteiger charge is -2.22. The quantitative estimate of drug-likeness (QED) is 0.727. The maximum Gasteiger partial charge on any atom is 0.412 e. The summed E-state index contributed by atoms with van der Waals surface area (Å²) in [5.74, 6) is -0.760. The highest BCUT2D eigenvalue weighted by molar-refractivity contribution is 5.96. The average Bonchev–Trinajstić information content (AvgIpc) is 3.01. The summed E-state index contributed by atoms with van der Waals surface area (Å²) in [6.45, 7) is 0. The van der Waals surface area contributed by atoms with Gasteiger partial charge < -0.3 is 15.0 Å². The number of nitrogens with one attached hydrogen (secondary N) is 2. The number of rotatable bonds is 4. The van der Waals surface area contributed by atoms with Crippen LogP contribution in [-0.4, -0.2) is 34.0 Å². The lowest BCUT2D eigenvalue weighted by Crippen LogP contribution is -2.39. The molecule has 0 saturated carbocycles. The van der Waals surface area contributed by atoms with Crippen LogP contribution in [0.3, 0.4) is 0 Å². The van der Waals surface area contributed by atoms with E-state index >= 15 is 0 Å². The third-order valence-electron chi connectivity index (χ3n) is 4.08. The summed E-state index contributed by atoms with van der Waals surface area (Å²) in [4.78, 5) is 27.5. The number of hydrogen-bond acceptors (Lipinski definition) is 4. The molecule has 142 valence electrons. The Kier molecular flexibility index (Phi) is 4.64. The van der Waals surface area contributed by atoms with E-state index in [0.717, 1.165) is 6.20 Å². The molecule has 0 aliphatic rings. The van der Waals surface area contributed by atoms with Crippen LogP contribution in [0.25, 0.3) is 11.0 Å². The van der Waals surface area contributed by atoms with Crippen LogP contribution in [0.2, 0.25) is 0 Å². The number of carbonyl (C=O) groups excluding carboxylic acids is 1. The molecule has 2 N–H and O–H groups in total. The molecule has 7 nitrogen and oxygen atoms in total. The zero-order valence-electron chi connectivity index (χ0n) is 14.3. The average molecular weight is 380 g/mol. The van der Waals surface area contributed by atoms with Gasteiger partial charge in [-0.3, -0.25) is 14.3 Å². The maximum atomic E-state index is 13.5. The molecule has 0 aliphatic carbocycles. The normalized spacial score (nSPS) is 12.8. The number of benzene rings is 1. The fourth-order valence-electron chi connectivity index (χ4n) is 2.65. The second kappa shape index (κ2) is 6.78. The third-order valence-corrected chi connectivity index (χ3v) is 4.08. The number of alkyl halides is 3. The maximum absolute atomic E-state index is 13.5. The van der Waals surface area contributed by atoms with Crippen molar-refractivity contribution in [2.75, 3.05) is 7.11 Å². The molecule has 1 atom stereocenters. The van der Waals surface area contributed by atoms with Gasteiger partial charge in [-0.15, -0.1) is 0 Å². The molecular formula is C17H15F3N4O3. The number of ether oxygens (including phenoxy) is 1. The first-order chi connectivity index (χ1) is 12.7. The first-order valence-corrected chi connectivity index (χ1v) is 7.77. The number of nitrogens with zero attached hydrogens (tertiary/aromatic N) is 2. The molecule has 0 spiro atoms. The summed E-state index contributed by atoms with van der Waals surface area (Å²) in [6, 6.07) is 2.83. The Balaban J connectivity index is 1.95. The monoisotopic (exact) mass is 380 g/mol. The molecule has 0 fully saturated rings. The molecule has 0 aliphatic heterocycles. The van der Waals surface area contributed by atoms with Gasteiger partial charge in [0, 0.05) is 13.2 Å². The highest BCUT2D eigenvalue weighted by Crippen LogP contribution is 2.33. The Morgan fingerprint density at radius 2 is 1.96 bits per heavy atom. The van der Waals surface area contributed by atoms with Crippen molar-refractivity contribution < 1.29 is 22.7 Å². The Bertz CT molecular complexity index is 1040. The van der Waals surface area contributed by atoms with Gasteiger partial charge in [0.2, 0.25) is 5.43 Å². The zero-order valence-corrected chi connectivity index (χ0v) is 14.3. The van der Waals surface area contributed by atoms with Crippen molar-refractivity contribution in [1.82, 2.24) is 20.1 Å². The van der Waals surface area contributed by atoms with Crippen LogP contribution in [0, 0.1) is 0 Å². The number of aromatic nitrogens is 3. The molecule has 0 bridgehead atoms. The Morgan fingerprint density at radius 3 is 2.56 bits per heavy atom. The van der Waals surface area contributed by atoms with Crippen molar-refractivity contribution in [3.8, 4) is 5.75 Å². The summed E-state index contributed by atoms with van der Waals surface area (Å²) in [6.07, 6.45) is -2.44. The number of amides is 1. The van der Waals surface area contributed by atoms with E-state index < -0.39 is 29.1 Å². The topological polar surface area (TPSA) is 89.0 Å². The second-order valence-electron chi connectivity index (χ2n) is 5.78. The first-order valence-electron chi connectivity index (χ1n) is 7.77. The highest BCUT2D eigenvalue weighted by Gasteiger charge is 2.42. The summed E-state index contributed by atoms with van der Waals surface area (Å²) >= 11 is 0. The van der Waals surface area contributed by atoms with E-state index in [2.05, 4.69) is 10.1 Å². The van der Waals surface area contributed by atoms with E-state index in [1.165, 1.54) is 42.3 Å². The van der Waals surface area contributed by atoms with Crippen molar-refractivity contribution in [1.29, 1.82) is 0 Å². The van der Waals surface area contributed by atoms with E-state index in [-0.39, 0.29) is 10.9 Å². The predicted molar refractivity (Wildman–Crippen MR) is 90.6 cm³/mol. The van der Waals surface area contributed by atoms with Gasteiger partial charge in [-0.1, -0.05) is 12.1 Å². The van der Waals surface area contributed by atoms with E-state index in [0.29, 0.717) is 11.4 Å². The van der Waals surface area contributed by atoms with Gasteiger partial charge in [0.15, 0.2) is 6.04 Å². The van der Waals surface area contributed by atoms with Gasteiger partial charge in [0.25, 0.3) is 5.91 Å². The molecule has 0 saturated heterocycles. The van der Waals surface area contributed by atoms with Crippen molar-refractivity contribution in [3.63, 3.8) is 0 Å². The minimum absolute atomic E-state index is 0.109. The lowest BCUT2D eigenvalue weighted by atomic mass is 10.1. The number of hydrogen-bond donors (Lipinski definition) is 2. The Labute approximate surface area is 150 Å². The van der Waals surface area contributed by atoms with Gasteiger partial charge in [0.05, 0.1) is 18.7 Å². The number of carbonyl (C=O) groups is 1. The van der Waals surface area contributed by atoms with E-state index in [1.807, 2.05) is 5.32 Å². The van der Waals surface area contributed by atoms with Crippen LogP contribution in [0.4, 0.5) is 13.2 Å². The van der Waals surface area contributed by atoms with Gasteiger partial charge in [-0.2, -0.15) is 18.3 Å². The van der Waals surface area contributed by atoms with E-state index in [4.69, 9.17) is 4.74 Å². The molecule has 27 heavy (non-hydrogen) atoms. The van der Waals surface area contributed by atoms with Crippen LogP contribution >= 0.6 is 0 Å². The summed E-state index contributed by atoms with van der Waals surface area (Å²) < 4.78 is 46.7. The SMILES string of the molecule is COc1ccc([C@H](NC(=O)c2c[nH]c3c(cnn3C)c2=O)C(F)(F)F)cc1. The van der Waals surface area contributed by atoms with Crippen LogP contribution in [0.1, 0.15) is 22.0 Å². The van der Waals surface area contributed by atoms with Crippen molar-refractivity contribution in [2.24, 2.45) is 7.05 Å². The van der Waals surface area contributed by atoms with Gasteiger partial charge in [0.1, 0.15) is 17.0 Å². The number of pyridine rings is 1. The van der Waals surface area contributed by atoms with Gasteiger partial charge in [-0.05, 0) is 17.7 Å². The largest absolute Gasteiger partial charge is 0.497 e. The highest BCUT2D eigenvalue weighted by atomic mass is 19.4. The number of methoxy groups -OCH3 is 1. The van der Waals surface area contributed by atoms with Crippen LogP contribution in [-0.2, 0) is 7.05 Å². The summed E-state index contributed by atoms with van der Waals surface area (Å²) in [5.41, 5.74) is -0.960. The molecule has 0 unspecified atom stereocenters. The number of aryl methyl sites for hydroxylation is 1. The lowest BCUT2D eigenvalue weighted by molar-refractivity contribution is -0.155. The second-order valence-corrected chi connectivity index (χ2v) is 5.78. The summed E-state index contributed by atoms with van der Waals surface area (Å²) in [5, 5.41) is 5.88.